The van der Waals surface area contributed by atoms with Gasteiger partial charge in [-0.2, -0.15) is 5.10 Å². The van der Waals surface area contributed by atoms with E-state index >= 15 is 0 Å². The SMILES string of the molecule is O=C1CCC(N2C(=O)c3cccc(NCCCCCC(=O)N4CCC(n5cc(C6CC6)cn5)CC4)c3C2=O)C(=O)N1. The van der Waals surface area contributed by atoms with E-state index in [0.29, 0.717) is 30.6 Å². The molecule has 2 saturated heterocycles. The van der Waals surface area contributed by atoms with E-state index in [1.54, 1.807) is 18.2 Å². The number of unbranched alkanes of at least 4 members (excludes halogenated alkanes) is 2. The van der Waals surface area contributed by atoms with E-state index in [1.165, 1.54) is 18.4 Å². The zero-order valence-corrected chi connectivity index (χ0v) is 23.1. The summed E-state index contributed by atoms with van der Waals surface area (Å²) in [5.41, 5.74) is 2.43. The lowest BCUT2D eigenvalue weighted by Gasteiger charge is -2.32. The average Bonchev–Trinajstić information content (AvgIpc) is 3.65. The minimum Gasteiger partial charge on any atom is -0.384 e. The second-order valence-electron chi connectivity index (χ2n) is 11.6. The number of carbonyl (C=O) groups excluding carboxylic acids is 5. The summed E-state index contributed by atoms with van der Waals surface area (Å²) in [6.07, 6.45) is 11.8. The second kappa shape index (κ2) is 11.5. The fraction of sp³-hybridized carbons (Fsp3) is 0.533. The standard InChI is InChI=1S/C30H36N6O5/c37-25-11-10-24(28(39)33-25)36-29(40)22-5-4-6-23(27(22)30(36)41)31-14-3-1-2-7-26(38)34-15-12-21(13-16-34)35-18-20(17-32-35)19-8-9-19/h4-6,17-19,21,24,31H,1-3,7-16H2,(H,33,37,39). The van der Waals surface area contributed by atoms with Crippen molar-refractivity contribution in [3.8, 4) is 0 Å². The fourth-order valence-electron chi connectivity index (χ4n) is 6.18. The highest BCUT2D eigenvalue weighted by molar-refractivity contribution is 6.25. The van der Waals surface area contributed by atoms with Crippen LogP contribution in [0, 0.1) is 0 Å². The number of imide groups is 2. The molecule has 2 aromatic rings. The Bertz CT molecular complexity index is 1370. The van der Waals surface area contributed by atoms with Crippen LogP contribution in [0.5, 0.6) is 0 Å². The summed E-state index contributed by atoms with van der Waals surface area (Å²) in [5.74, 6) is -1.15. The highest BCUT2D eigenvalue weighted by Crippen LogP contribution is 2.40. The molecule has 1 saturated carbocycles. The quantitative estimate of drug-likeness (QED) is 0.337. The van der Waals surface area contributed by atoms with Crippen LogP contribution in [0.4, 0.5) is 5.69 Å². The lowest BCUT2D eigenvalue weighted by molar-refractivity contribution is -0.136. The molecule has 1 unspecified atom stereocenters. The van der Waals surface area contributed by atoms with E-state index in [4.69, 9.17) is 0 Å². The number of fused-ring (bicyclic) bond motifs is 1. The van der Waals surface area contributed by atoms with Crippen molar-refractivity contribution in [3.05, 3.63) is 47.3 Å². The highest BCUT2D eigenvalue weighted by Gasteiger charge is 2.45. The predicted octanol–water partition coefficient (Wildman–Crippen LogP) is 3.00. The molecule has 1 aromatic carbocycles. The number of amides is 5. The molecule has 4 aliphatic rings. The fourth-order valence-corrected chi connectivity index (χ4v) is 6.18. The van der Waals surface area contributed by atoms with Crippen molar-refractivity contribution in [1.82, 2.24) is 24.9 Å². The number of hydrogen-bond donors (Lipinski definition) is 2. The molecule has 2 N–H and O–H groups in total. The van der Waals surface area contributed by atoms with Crippen LogP contribution in [0.1, 0.15) is 102 Å². The van der Waals surface area contributed by atoms with Crippen LogP contribution in [-0.4, -0.2) is 74.8 Å². The van der Waals surface area contributed by atoms with Gasteiger partial charge in [-0.3, -0.25) is 38.9 Å². The summed E-state index contributed by atoms with van der Waals surface area (Å²) in [7, 11) is 0. The molecular formula is C30H36N6O5. The Labute approximate surface area is 238 Å². The Morgan fingerprint density at radius 2 is 1.78 bits per heavy atom. The zero-order chi connectivity index (χ0) is 28.5. The molecule has 0 bridgehead atoms. The summed E-state index contributed by atoms with van der Waals surface area (Å²) >= 11 is 0. The van der Waals surface area contributed by atoms with Gasteiger partial charge in [-0.05, 0) is 68.6 Å². The van der Waals surface area contributed by atoms with Crippen LogP contribution >= 0.6 is 0 Å². The molecule has 41 heavy (non-hydrogen) atoms. The Morgan fingerprint density at radius 1 is 0.976 bits per heavy atom. The summed E-state index contributed by atoms with van der Waals surface area (Å²) in [6.45, 7) is 2.12. The number of anilines is 1. The molecule has 4 heterocycles. The largest absolute Gasteiger partial charge is 0.384 e. The van der Waals surface area contributed by atoms with E-state index in [-0.39, 0.29) is 29.9 Å². The first-order valence-corrected chi connectivity index (χ1v) is 14.8. The van der Waals surface area contributed by atoms with Gasteiger partial charge in [0.1, 0.15) is 6.04 Å². The summed E-state index contributed by atoms with van der Waals surface area (Å²) in [4.78, 5) is 65.7. The molecule has 1 aromatic heterocycles. The van der Waals surface area contributed by atoms with Gasteiger partial charge in [0.25, 0.3) is 11.8 Å². The number of piperidine rings is 2. The first-order valence-electron chi connectivity index (χ1n) is 14.8. The van der Waals surface area contributed by atoms with E-state index in [2.05, 4.69) is 26.6 Å². The van der Waals surface area contributed by atoms with Crippen molar-refractivity contribution in [2.75, 3.05) is 25.0 Å². The molecule has 216 valence electrons. The predicted molar refractivity (Wildman–Crippen MR) is 149 cm³/mol. The van der Waals surface area contributed by atoms with Crippen molar-refractivity contribution >= 4 is 35.2 Å². The van der Waals surface area contributed by atoms with Crippen molar-refractivity contribution in [2.24, 2.45) is 0 Å². The van der Waals surface area contributed by atoms with Gasteiger partial charge in [0.2, 0.25) is 17.7 Å². The van der Waals surface area contributed by atoms with Gasteiger partial charge in [-0.15, -0.1) is 0 Å². The molecule has 3 aliphatic heterocycles. The second-order valence-corrected chi connectivity index (χ2v) is 11.6. The maximum Gasteiger partial charge on any atom is 0.264 e. The minimum absolute atomic E-state index is 0.0854. The number of rotatable bonds is 10. The Kier molecular flexibility index (Phi) is 7.59. The molecule has 1 aliphatic carbocycles. The van der Waals surface area contributed by atoms with Crippen LogP contribution in [-0.2, 0) is 14.4 Å². The molecule has 1 atom stereocenters. The van der Waals surface area contributed by atoms with Gasteiger partial charge in [0.05, 0.1) is 23.4 Å². The molecule has 11 nitrogen and oxygen atoms in total. The number of hydrogen-bond acceptors (Lipinski definition) is 7. The lowest BCUT2D eigenvalue weighted by atomic mass is 10.0. The third-order valence-corrected chi connectivity index (χ3v) is 8.71. The number of carbonyl (C=O) groups is 5. The average molecular weight is 561 g/mol. The Hall–Kier alpha value is -4.02. The summed E-state index contributed by atoms with van der Waals surface area (Å²) < 4.78 is 2.10. The van der Waals surface area contributed by atoms with Crippen molar-refractivity contribution < 1.29 is 24.0 Å². The van der Waals surface area contributed by atoms with Gasteiger partial charge in [0.15, 0.2) is 0 Å². The van der Waals surface area contributed by atoms with Crippen LogP contribution < -0.4 is 10.6 Å². The number of aromatic nitrogens is 2. The van der Waals surface area contributed by atoms with E-state index in [1.807, 2.05) is 11.1 Å². The molecule has 0 spiro atoms. The summed E-state index contributed by atoms with van der Waals surface area (Å²) in [6, 6.07) is 4.43. The normalized spacial score (nSPS) is 21.3. The monoisotopic (exact) mass is 560 g/mol. The first-order chi connectivity index (χ1) is 19.9. The molecule has 6 rings (SSSR count). The molecule has 5 amide bonds. The van der Waals surface area contributed by atoms with Crippen LogP contribution in [0.2, 0.25) is 0 Å². The first kappa shape index (κ1) is 27.2. The van der Waals surface area contributed by atoms with Gasteiger partial charge < -0.3 is 10.2 Å². The van der Waals surface area contributed by atoms with Gasteiger partial charge >= 0.3 is 0 Å². The van der Waals surface area contributed by atoms with Gasteiger partial charge in [-0.25, -0.2) is 0 Å². The minimum atomic E-state index is -0.984. The van der Waals surface area contributed by atoms with Crippen LogP contribution in [0.15, 0.2) is 30.6 Å². The van der Waals surface area contributed by atoms with Crippen LogP contribution in [0.25, 0.3) is 0 Å². The number of nitrogens with one attached hydrogen (secondary N) is 2. The van der Waals surface area contributed by atoms with Crippen molar-refractivity contribution in [3.63, 3.8) is 0 Å². The van der Waals surface area contributed by atoms with Gasteiger partial charge in [-0.1, -0.05) is 12.5 Å². The Morgan fingerprint density at radius 3 is 2.54 bits per heavy atom. The molecule has 0 radical (unpaired) electrons. The maximum absolute atomic E-state index is 13.2. The third-order valence-electron chi connectivity index (χ3n) is 8.71. The third kappa shape index (κ3) is 5.62. The molecular weight excluding hydrogens is 524 g/mol. The molecule has 3 fully saturated rings. The smallest absolute Gasteiger partial charge is 0.264 e. The number of nitrogens with zero attached hydrogens (tertiary/aromatic N) is 4. The van der Waals surface area contributed by atoms with Crippen molar-refractivity contribution in [1.29, 1.82) is 0 Å². The van der Waals surface area contributed by atoms with E-state index < -0.39 is 29.7 Å². The maximum atomic E-state index is 13.2. The Balaban J connectivity index is 0.928. The lowest BCUT2D eigenvalue weighted by Crippen LogP contribution is -2.54. The topological polar surface area (TPSA) is 134 Å². The van der Waals surface area contributed by atoms with Crippen molar-refractivity contribution in [2.45, 2.75) is 82.2 Å². The molecule has 11 heteroatoms. The van der Waals surface area contributed by atoms with E-state index in [9.17, 15) is 24.0 Å². The number of benzene rings is 1. The van der Waals surface area contributed by atoms with Crippen LogP contribution in [0.3, 0.4) is 0 Å². The van der Waals surface area contributed by atoms with E-state index in [0.717, 1.165) is 50.1 Å². The zero-order valence-electron chi connectivity index (χ0n) is 23.1. The highest BCUT2D eigenvalue weighted by atomic mass is 16.2. The summed E-state index contributed by atoms with van der Waals surface area (Å²) in [5, 5.41) is 10.1. The van der Waals surface area contributed by atoms with Gasteiger partial charge in [0, 0.05) is 44.4 Å². The number of likely N-dealkylation sites (tertiary alicyclic amines) is 1.